The van der Waals surface area contributed by atoms with Crippen LogP contribution in [0.15, 0.2) is 0 Å². The topological polar surface area (TPSA) is 29.5 Å². The van der Waals surface area contributed by atoms with Crippen LogP contribution in [0.3, 0.4) is 0 Å². The number of unbranched alkanes of at least 4 members (excludes halogenated alkanes) is 2. The molecular weight excluding hydrogens is 233 g/mol. The summed E-state index contributed by atoms with van der Waals surface area (Å²) in [6.07, 6.45) is 1.24. The molecular formula is C12H23F3O2. The van der Waals surface area contributed by atoms with E-state index < -0.39 is 31.5 Å². The van der Waals surface area contributed by atoms with E-state index in [2.05, 4.69) is 0 Å². The third kappa shape index (κ3) is 5.73. The number of hydrogen-bond donors (Lipinski definition) is 1. The Morgan fingerprint density at radius 3 is 2.12 bits per heavy atom. The summed E-state index contributed by atoms with van der Waals surface area (Å²) in [5, 5.41) is 9.61. The van der Waals surface area contributed by atoms with E-state index >= 15 is 0 Å². The third-order valence-electron chi connectivity index (χ3n) is 2.98. The maximum Gasteiger partial charge on any atom is 0.103 e. The molecule has 0 amide bonds. The number of ether oxygens (including phenoxy) is 1. The minimum Gasteiger partial charge on any atom is -0.392 e. The molecule has 0 aromatic rings. The lowest BCUT2D eigenvalue weighted by Crippen LogP contribution is -2.41. The zero-order chi connectivity index (χ0) is 13.1. The zero-order valence-corrected chi connectivity index (χ0v) is 10.4. The highest BCUT2D eigenvalue weighted by Crippen LogP contribution is 2.28. The number of rotatable bonds is 11. The summed E-state index contributed by atoms with van der Waals surface area (Å²) in [6.45, 7) is -0.285. The summed E-state index contributed by atoms with van der Waals surface area (Å²) in [5.41, 5.74) is -1.85. The van der Waals surface area contributed by atoms with Crippen LogP contribution in [0.25, 0.3) is 0 Å². The first kappa shape index (κ1) is 16.7. The summed E-state index contributed by atoms with van der Waals surface area (Å²) >= 11 is 0. The minimum absolute atomic E-state index is 0.226. The van der Waals surface area contributed by atoms with Crippen LogP contribution in [0.5, 0.6) is 0 Å². The number of hydrogen-bond acceptors (Lipinski definition) is 2. The Labute approximate surface area is 101 Å². The van der Waals surface area contributed by atoms with Gasteiger partial charge in [-0.3, -0.25) is 13.2 Å². The lowest BCUT2D eigenvalue weighted by atomic mass is 9.83. The van der Waals surface area contributed by atoms with Crippen LogP contribution in [-0.2, 0) is 4.74 Å². The fourth-order valence-corrected chi connectivity index (χ4v) is 1.54. The molecule has 0 heterocycles. The number of aliphatic hydroxyl groups is 1. The van der Waals surface area contributed by atoms with Crippen molar-refractivity contribution in [2.45, 2.75) is 38.7 Å². The van der Waals surface area contributed by atoms with Gasteiger partial charge in [0, 0.05) is 13.2 Å². The lowest BCUT2D eigenvalue weighted by molar-refractivity contribution is -0.0334. The van der Waals surface area contributed by atoms with Crippen LogP contribution in [0.2, 0.25) is 0 Å². The van der Waals surface area contributed by atoms with Crippen molar-refractivity contribution in [2.75, 3.05) is 33.2 Å². The summed E-state index contributed by atoms with van der Waals surface area (Å²) in [7, 11) is 0. The highest BCUT2D eigenvalue weighted by Gasteiger charge is 2.38. The maximum absolute atomic E-state index is 12.6. The van der Waals surface area contributed by atoms with Gasteiger partial charge in [0.15, 0.2) is 0 Å². The average Bonchev–Trinajstić information content (AvgIpc) is 2.36. The summed E-state index contributed by atoms with van der Waals surface area (Å²) in [5.74, 6) is 0. The van der Waals surface area contributed by atoms with Crippen LogP contribution >= 0.6 is 0 Å². The Hall–Kier alpha value is -0.290. The second kappa shape index (κ2) is 9.71. The molecule has 1 atom stereocenters. The van der Waals surface area contributed by atoms with Crippen molar-refractivity contribution in [3.05, 3.63) is 0 Å². The van der Waals surface area contributed by atoms with E-state index in [-0.39, 0.29) is 6.42 Å². The Morgan fingerprint density at radius 1 is 1.06 bits per heavy atom. The van der Waals surface area contributed by atoms with Crippen molar-refractivity contribution in [3.63, 3.8) is 0 Å². The molecule has 0 aliphatic rings. The van der Waals surface area contributed by atoms with Crippen LogP contribution in [-0.4, -0.2) is 44.4 Å². The standard InChI is InChI=1S/C12H23F3O2/c1-2-17-7-5-3-4-6-11(16)12(8-13,9-14)10-15/h11,16H,2-10H2,1H3/t11-/m1/s1. The highest BCUT2D eigenvalue weighted by molar-refractivity contribution is 4.85. The van der Waals surface area contributed by atoms with Crippen molar-refractivity contribution in [3.8, 4) is 0 Å². The van der Waals surface area contributed by atoms with Gasteiger partial charge in [0.05, 0.1) is 11.5 Å². The molecule has 0 aliphatic heterocycles. The molecule has 1 N–H and O–H groups in total. The first-order chi connectivity index (χ1) is 8.16. The second-order valence-electron chi connectivity index (χ2n) is 4.33. The van der Waals surface area contributed by atoms with Gasteiger partial charge in [0.25, 0.3) is 0 Å². The quantitative estimate of drug-likeness (QED) is 0.576. The molecule has 0 unspecified atom stereocenters. The minimum atomic E-state index is -1.85. The average molecular weight is 256 g/mol. The monoisotopic (exact) mass is 256 g/mol. The smallest absolute Gasteiger partial charge is 0.103 e. The molecule has 0 spiro atoms. The van der Waals surface area contributed by atoms with Gasteiger partial charge in [0.2, 0.25) is 0 Å². The molecule has 17 heavy (non-hydrogen) atoms. The molecule has 0 saturated carbocycles. The van der Waals surface area contributed by atoms with Crippen LogP contribution in [0, 0.1) is 5.41 Å². The van der Waals surface area contributed by atoms with Crippen LogP contribution < -0.4 is 0 Å². The van der Waals surface area contributed by atoms with E-state index in [0.717, 1.165) is 12.8 Å². The first-order valence-corrected chi connectivity index (χ1v) is 6.10. The zero-order valence-electron chi connectivity index (χ0n) is 10.4. The molecule has 0 aromatic heterocycles. The van der Waals surface area contributed by atoms with Gasteiger partial charge >= 0.3 is 0 Å². The van der Waals surface area contributed by atoms with Crippen molar-refractivity contribution in [2.24, 2.45) is 5.41 Å². The molecule has 0 aromatic carbocycles. The van der Waals surface area contributed by atoms with Gasteiger partial charge < -0.3 is 9.84 Å². The Balaban J connectivity index is 3.79. The predicted molar refractivity (Wildman–Crippen MR) is 61.3 cm³/mol. The lowest BCUT2D eigenvalue weighted by Gasteiger charge is -2.30. The second-order valence-corrected chi connectivity index (χ2v) is 4.33. The van der Waals surface area contributed by atoms with Crippen molar-refractivity contribution >= 4 is 0 Å². The normalized spacial score (nSPS) is 13.9. The number of alkyl halides is 3. The largest absolute Gasteiger partial charge is 0.392 e. The van der Waals surface area contributed by atoms with Crippen molar-refractivity contribution < 1.29 is 23.0 Å². The van der Waals surface area contributed by atoms with Crippen molar-refractivity contribution in [1.82, 2.24) is 0 Å². The molecule has 2 nitrogen and oxygen atoms in total. The van der Waals surface area contributed by atoms with Gasteiger partial charge in [0.1, 0.15) is 20.0 Å². The van der Waals surface area contributed by atoms with E-state index in [1.54, 1.807) is 0 Å². The number of aliphatic hydroxyl groups excluding tert-OH is 1. The fraction of sp³-hybridized carbons (Fsp3) is 1.00. The van der Waals surface area contributed by atoms with Crippen molar-refractivity contribution in [1.29, 1.82) is 0 Å². The Bertz CT molecular complexity index is 167. The summed E-state index contributed by atoms with van der Waals surface area (Å²) < 4.78 is 42.9. The van der Waals surface area contributed by atoms with Gasteiger partial charge in [-0.15, -0.1) is 0 Å². The molecule has 0 fully saturated rings. The third-order valence-corrected chi connectivity index (χ3v) is 2.98. The van der Waals surface area contributed by atoms with Gasteiger partial charge in [-0.05, 0) is 19.8 Å². The van der Waals surface area contributed by atoms with Gasteiger partial charge in [-0.1, -0.05) is 12.8 Å². The van der Waals surface area contributed by atoms with E-state index in [1.807, 2.05) is 6.92 Å². The summed E-state index contributed by atoms with van der Waals surface area (Å²) in [4.78, 5) is 0. The molecule has 0 aliphatic carbocycles. The molecule has 0 saturated heterocycles. The summed E-state index contributed by atoms with van der Waals surface area (Å²) in [6, 6.07) is 0. The highest BCUT2D eigenvalue weighted by atomic mass is 19.1. The van der Waals surface area contributed by atoms with E-state index in [0.29, 0.717) is 19.6 Å². The van der Waals surface area contributed by atoms with Crippen LogP contribution in [0.4, 0.5) is 13.2 Å². The maximum atomic E-state index is 12.6. The molecule has 104 valence electrons. The molecule has 5 heteroatoms. The predicted octanol–water partition coefficient (Wildman–Crippen LogP) is 2.84. The van der Waals surface area contributed by atoms with E-state index in [9.17, 15) is 18.3 Å². The van der Waals surface area contributed by atoms with Crippen LogP contribution in [0.1, 0.15) is 32.6 Å². The molecule has 0 radical (unpaired) electrons. The first-order valence-electron chi connectivity index (χ1n) is 6.10. The Kier molecular flexibility index (Phi) is 9.55. The van der Waals surface area contributed by atoms with Gasteiger partial charge in [-0.2, -0.15) is 0 Å². The Morgan fingerprint density at radius 2 is 1.65 bits per heavy atom. The van der Waals surface area contributed by atoms with E-state index in [1.165, 1.54) is 0 Å². The molecule has 0 bridgehead atoms. The fourth-order valence-electron chi connectivity index (χ4n) is 1.54. The number of halogens is 3. The van der Waals surface area contributed by atoms with E-state index in [4.69, 9.17) is 4.74 Å². The SMILES string of the molecule is CCOCCCCC[C@@H](O)C(CF)(CF)CF. The molecule has 0 rings (SSSR count). The van der Waals surface area contributed by atoms with Gasteiger partial charge in [-0.25, -0.2) is 0 Å².